The first kappa shape index (κ1) is 24.9. The van der Waals surface area contributed by atoms with Gasteiger partial charge in [-0.15, -0.1) is 0 Å². The SMILES string of the molecule is Nc1cc(Cl)ccc1N1CCC(C(O)(CO)C2CCN(c3ccc(Cl)cc3[N+](=O)[O-])CC2)CC1. The zero-order valence-electron chi connectivity index (χ0n) is 18.9. The highest BCUT2D eigenvalue weighted by atomic mass is 35.5. The summed E-state index contributed by atoms with van der Waals surface area (Å²) in [7, 11) is 0. The molecule has 2 heterocycles. The fourth-order valence-electron chi connectivity index (χ4n) is 5.56. The fourth-order valence-corrected chi connectivity index (χ4v) is 5.90. The number of aliphatic hydroxyl groups excluding tert-OH is 1. The predicted molar refractivity (Wildman–Crippen MR) is 136 cm³/mol. The molecule has 0 amide bonds. The minimum Gasteiger partial charge on any atom is -0.397 e. The summed E-state index contributed by atoms with van der Waals surface area (Å²) in [5.41, 5.74) is 7.05. The summed E-state index contributed by atoms with van der Waals surface area (Å²) >= 11 is 12.0. The van der Waals surface area contributed by atoms with Crippen LogP contribution in [0.5, 0.6) is 0 Å². The summed E-state index contributed by atoms with van der Waals surface area (Å²) in [6, 6.07) is 10.2. The van der Waals surface area contributed by atoms with Gasteiger partial charge in [-0.25, -0.2) is 0 Å². The van der Waals surface area contributed by atoms with Crippen molar-refractivity contribution in [3.8, 4) is 0 Å². The molecule has 8 nitrogen and oxygen atoms in total. The van der Waals surface area contributed by atoms with E-state index in [0.717, 1.165) is 31.6 Å². The molecule has 0 bridgehead atoms. The molecule has 2 aromatic rings. The Kier molecular flexibility index (Phi) is 7.42. The van der Waals surface area contributed by atoms with Crippen molar-refractivity contribution in [3.63, 3.8) is 0 Å². The number of nitrogens with two attached hydrogens (primary N) is 1. The molecule has 0 spiro atoms. The smallest absolute Gasteiger partial charge is 0.294 e. The molecule has 4 N–H and O–H groups in total. The molecular formula is C24H30Cl2N4O4. The van der Waals surface area contributed by atoms with Crippen LogP contribution in [0.4, 0.5) is 22.7 Å². The maximum atomic E-state index is 11.6. The molecule has 0 radical (unpaired) electrons. The minimum atomic E-state index is -1.18. The average molecular weight is 509 g/mol. The van der Waals surface area contributed by atoms with Crippen LogP contribution in [-0.2, 0) is 0 Å². The second-order valence-corrected chi connectivity index (χ2v) is 10.1. The van der Waals surface area contributed by atoms with Gasteiger partial charge >= 0.3 is 0 Å². The van der Waals surface area contributed by atoms with Crippen LogP contribution in [0.1, 0.15) is 25.7 Å². The summed E-state index contributed by atoms with van der Waals surface area (Å²) in [4.78, 5) is 15.2. The summed E-state index contributed by atoms with van der Waals surface area (Å²) < 4.78 is 0. The Morgan fingerprint density at radius 2 is 1.41 bits per heavy atom. The number of anilines is 3. The Morgan fingerprint density at radius 1 is 0.941 bits per heavy atom. The Balaban J connectivity index is 1.41. The fraction of sp³-hybridized carbons (Fsp3) is 0.500. The highest BCUT2D eigenvalue weighted by Gasteiger charge is 2.45. The van der Waals surface area contributed by atoms with Crippen LogP contribution in [0.25, 0.3) is 0 Å². The van der Waals surface area contributed by atoms with Crippen molar-refractivity contribution in [1.82, 2.24) is 0 Å². The van der Waals surface area contributed by atoms with Crippen LogP contribution in [0.15, 0.2) is 36.4 Å². The molecule has 0 aromatic heterocycles. The van der Waals surface area contributed by atoms with Crippen LogP contribution < -0.4 is 15.5 Å². The van der Waals surface area contributed by atoms with Crippen molar-refractivity contribution >= 4 is 46.0 Å². The van der Waals surface area contributed by atoms with Crippen LogP contribution in [-0.4, -0.2) is 53.5 Å². The number of nitrogens with zero attached hydrogens (tertiary/aromatic N) is 3. The van der Waals surface area contributed by atoms with Crippen LogP contribution >= 0.6 is 23.2 Å². The lowest BCUT2D eigenvalue weighted by Gasteiger charge is -2.48. The van der Waals surface area contributed by atoms with Crippen molar-refractivity contribution in [3.05, 3.63) is 56.6 Å². The van der Waals surface area contributed by atoms with E-state index in [1.165, 1.54) is 6.07 Å². The number of nitrogen functional groups attached to an aromatic ring is 1. The van der Waals surface area contributed by atoms with Gasteiger partial charge < -0.3 is 25.7 Å². The zero-order valence-corrected chi connectivity index (χ0v) is 20.4. The molecule has 1 atom stereocenters. The summed E-state index contributed by atoms with van der Waals surface area (Å²) in [6.07, 6.45) is 2.76. The van der Waals surface area contributed by atoms with Gasteiger partial charge in [0.25, 0.3) is 5.69 Å². The van der Waals surface area contributed by atoms with Crippen molar-refractivity contribution in [2.75, 3.05) is 48.3 Å². The molecule has 2 aliphatic rings. The van der Waals surface area contributed by atoms with E-state index < -0.39 is 10.5 Å². The number of rotatable bonds is 6. The average Bonchev–Trinajstić information content (AvgIpc) is 2.84. The molecule has 0 saturated carbocycles. The number of piperidine rings is 2. The molecule has 4 rings (SSSR count). The number of halogens is 2. The third kappa shape index (κ3) is 4.91. The van der Waals surface area contributed by atoms with E-state index in [1.54, 1.807) is 18.2 Å². The van der Waals surface area contributed by atoms with E-state index in [0.29, 0.717) is 47.4 Å². The van der Waals surface area contributed by atoms with Crippen LogP contribution in [0.3, 0.4) is 0 Å². The van der Waals surface area contributed by atoms with Crippen molar-refractivity contribution < 1.29 is 15.1 Å². The second-order valence-electron chi connectivity index (χ2n) is 9.27. The van der Waals surface area contributed by atoms with E-state index >= 15 is 0 Å². The molecular weight excluding hydrogens is 479 g/mol. The van der Waals surface area contributed by atoms with Gasteiger partial charge in [0.15, 0.2) is 0 Å². The molecule has 2 aromatic carbocycles. The summed E-state index contributed by atoms with van der Waals surface area (Å²) in [5.74, 6) is -0.124. The van der Waals surface area contributed by atoms with Crippen molar-refractivity contribution in [2.45, 2.75) is 31.3 Å². The van der Waals surface area contributed by atoms with E-state index in [2.05, 4.69) is 4.90 Å². The first-order valence-corrected chi connectivity index (χ1v) is 12.3. The quantitative estimate of drug-likeness (QED) is 0.301. The number of hydrogen-bond donors (Lipinski definition) is 3. The summed E-state index contributed by atoms with van der Waals surface area (Å²) in [6.45, 7) is 2.29. The lowest BCUT2D eigenvalue weighted by atomic mass is 9.69. The highest BCUT2D eigenvalue weighted by Crippen LogP contribution is 2.42. The topological polar surface area (TPSA) is 116 Å². The number of hydrogen-bond acceptors (Lipinski definition) is 7. The van der Waals surface area contributed by atoms with Crippen molar-refractivity contribution in [2.24, 2.45) is 11.8 Å². The van der Waals surface area contributed by atoms with E-state index in [-0.39, 0.29) is 24.1 Å². The normalized spacial score (nSPS) is 19.8. The van der Waals surface area contributed by atoms with E-state index in [1.807, 2.05) is 17.0 Å². The number of nitro groups is 1. The third-order valence-corrected chi connectivity index (χ3v) is 7.93. The van der Waals surface area contributed by atoms with Gasteiger partial charge in [0.05, 0.1) is 28.5 Å². The third-order valence-electron chi connectivity index (χ3n) is 7.46. The maximum absolute atomic E-state index is 11.6. The molecule has 1 unspecified atom stereocenters. The molecule has 2 aliphatic heterocycles. The molecule has 34 heavy (non-hydrogen) atoms. The number of nitro benzene ring substituents is 1. The molecule has 10 heteroatoms. The Labute approximate surface area is 209 Å². The Bertz CT molecular complexity index is 1040. The van der Waals surface area contributed by atoms with Crippen molar-refractivity contribution in [1.29, 1.82) is 0 Å². The lowest BCUT2D eigenvalue weighted by Crippen LogP contribution is -2.55. The second kappa shape index (κ2) is 10.2. The van der Waals surface area contributed by atoms with Gasteiger partial charge in [0, 0.05) is 42.3 Å². The van der Waals surface area contributed by atoms with Gasteiger partial charge in [-0.1, -0.05) is 23.2 Å². The number of benzene rings is 2. The standard InChI is InChI=1S/C24H30Cl2N4O4/c25-18-1-3-21(20(27)13-18)28-9-5-16(6-10-28)24(32,15-31)17-7-11-29(12-8-17)22-4-2-19(26)14-23(22)30(33)34/h1-4,13-14,16-17,31-32H,5-12,15,27H2. The summed E-state index contributed by atoms with van der Waals surface area (Å²) in [5, 5.41) is 34.3. The Hall–Kier alpha value is -2.26. The van der Waals surface area contributed by atoms with Gasteiger partial charge in [-0.05, 0) is 67.9 Å². The first-order valence-electron chi connectivity index (χ1n) is 11.5. The predicted octanol–water partition coefficient (Wildman–Crippen LogP) is 4.34. The van der Waals surface area contributed by atoms with Gasteiger partial charge in [0.1, 0.15) is 5.69 Å². The Morgan fingerprint density at radius 3 is 1.88 bits per heavy atom. The van der Waals surface area contributed by atoms with E-state index in [9.17, 15) is 20.3 Å². The molecule has 2 saturated heterocycles. The monoisotopic (exact) mass is 508 g/mol. The van der Waals surface area contributed by atoms with Gasteiger partial charge in [0.2, 0.25) is 0 Å². The van der Waals surface area contributed by atoms with Crippen LogP contribution in [0.2, 0.25) is 10.0 Å². The van der Waals surface area contributed by atoms with Gasteiger partial charge in [-0.2, -0.15) is 0 Å². The maximum Gasteiger partial charge on any atom is 0.294 e. The van der Waals surface area contributed by atoms with Crippen LogP contribution in [0, 0.1) is 22.0 Å². The molecule has 0 aliphatic carbocycles. The molecule has 2 fully saturated rings. The molecule has 184 valence electrons. The largest absolute Gasteiger partial charge is 0.397 e. The van der Waals surface area contributed by atoms with E-state index in [4.69, 9.17) is 28.9 Å². The minimum absolute atomic E-state index is 0.0165. The lowest BCUT2D eigenvalue weighted by molar-refractivity contribution is -0.384. The zero-order chi connectivity index (χ0) is 24.5. The van der Waals surface area contributed by atoms with Gasteiger partial charge in [-0.3, -0.25) is 10.1 Å². The number of aliphatic hydroxyl groups is 2. The first-order chi connectivity index (χ1) is 16.2. The highest BCUT2D eigenvalue weighted by molar-refractivity contribution is 6.31.